The molecule has 0 radical (unpaired) electrons. The third-order valence-electron chi connectivity index (χ3n) is 3.52. The van der Waals surface area contributed by atoms with Gasteiger partial charge in [-0.1, -0.05) is 18.2 Å². The van der Waals surface area contributed by atoms with Gasteiger partial charge in [-0.3, -0.25) is 4.79 Å². The molecule has 0 N–H and O–H groups in total. The molecule has 2 aromatic heterocycles. The van der Waals surface area contributed by atoms with Crippen molar-refractivity contribution < 1.29 is 4.79 Å². The lowest BCUT2D eigenvalue weighted by Gasteiger charge is -2.00. The van der Waals surface area contributed by atoms with Crippen molar-refractivity contribution in [2.75, 3.05) is 0 Å². The standard InChI is InChI=1S/C14H10N2O/c1-15-10-6-3-2-5-9(10)12-13(15)14(17)11-7-4-8-16(11)12/h2-8H,1H3. The lowest BCUT2D eigenvalue weighted by molar-refractivity contribution is 0.103. The van der Waals surface area contributed by atoms with Crippen molar-refractivity contribution in [2.24, 2.45) is 7.05 Å². The Morgan fingerprint density at radius 2 is 1.88 bits per heavy atom. The maximum Gasteiger partial charge on any atom is 0.228 e. The van der Waals surface area contributed by atoms with E-state index in [1.165, 1.54) is 0 Å². The molecule has 1 aliphatic heterocycles. The Labute approximate surface area is 97.9 Å². The van der Waals surface area contributed by atoms with Crippen LogP contribution in [0.15, 0.2) is 42.6 Å². The number of aryl methyl sites for hydroxylation is 1. The summed E-state index contributed by atoms with van der Waals surface area (Å²) in [4.78, 5) is 12.3. The van der Waals surface area contributed by atoms with Crippen LogP contribution in [0.2, 0.25) is 0 Å². The fraction of sp³-hybridized carbons (Fsp3) is 0.0714. The van der Waals surface area contributed by atoms with Gasteiger partial charge in [-0.25, -0.2) is 0 Å². The van der Waals surface area contributed by atoms with Gasteiger partial charge in [0.2, 0.25) is 5.78 Å². The average molecular weight is 222 g/mol. The van der Waals surface area contributed by atoms with E-state index >= 15 is 0 Å². The molecule has 0 amide bonds. The van der Waals surface area contributed by atoms with Crippen molar-refractivity contribution in [2.45, 2.75) is 0 Å². The molecule has 82 valence electrons. The molecule has 0 bridgehead atoms. The van der Waals surface area contributed by atoms with Crippen LogP contribution in [0.4, 0.5) is 0 Å². The van der Waals surface area contributed by atoms with Crippen LogP contribution >= 0.6 is 0 Å². The highest BCUT2D eigenvalue weighted by Gasteiger charge is 2.31. The number of aromatic nitrogens is 2. The number of nitrogens with zero attached hydrogens (tertiary/aromatic N) is 2. The van der Waals surface area contributed by atoms with Gasteiger partial charge in [0, 0.05) is 18.6 Å². The summed E-state index contributed by atoms with van der Waals surface area (Å²) in [6, 6.07) is 11.9. The van der Waals surface area contributed by atoms with Gasteiger partial charge in [-0.15, -0.1) is 0 Å². The number of carbonyl (C=O) groups is 1. The van der Waals surface area contributed by atoms with Gasteiger partial charge >= 0.3 is 0 Å². The second-order valence-corrected chi connectivity index (χ2v) is 4.37. The van der Waals surface area contributed by atoms with E-state index in [1.807, 2.05) is 52.7 Å². The minimum atomic E-state index is 0.115. The summed E-state index contributed by atoms with van der Waals surface area (Å²) in [6.07, 6.45) is 1.95. The largest absolute Gasteiger partial charge is 0.339 e. The molecule has 0 fully saturated rings. The third kappa shape index (κ3) is 0.862. The fourth-order valence-electron chi connectivity index (χ4n) is 2.76. The number of hydrogen-bond donors (Lipinski definition) is 0. The van der Waals surface area contributed by atoms with Crippen LogP contribution in [0.25, 0.3) is 16.6 Å². The first-order valence-corrected chi connectivity index (χ1v) is 5.59. The van der Waals surface area contributed by atoms with Crippen LogP contribution in [0, 0.1) is 0 Å². The summed E-state index contributed by atoms with van der Waals surface area (Å²) in [6.45, 7) is 0. The summed E-state index contributed by atoms with van der Waals surface area (Å²) >= 11 is 0. The Bertz CT molecular complexity index is 777. The number of ketones is 1. The Morgan fingerprint density at radius 3 is 2.76 bits per heavy atom. The summed E-state index contributed by atoms with van der Waals surface area (Å²) < 4.78 is 3.97. The smallest absolute Gasteiger partial charge is 0.228 e. The van der Waals surface area contributed by atoms with E-state index in [1.54, 1.807) is 0 Å². The molecule has 17 heavy (non-hydrogen) atoms. The molecule has 3 heteroatoms. The maximum absolute atomic E-state index is 12.3. The van der Waals surface area contributed by atoms with Gasteiger partial charge in [0.1, 0.15) is 5.69 Å². The predicted octanol–water partition coefficient (Wildman–Crippen LogP) is 2.51. The van der Waals surface area contributed by atoms with Crippen LogP contribution in [-0.2, 0) is 7.05 Å². The van der Waals surface area contributed by atoms with E-state index in [2.05, 4.69) is 6.07 Å². The lowest BCUT2D eigenvalue weighted by Crippen LogP contribution is -2.03. The van der Waals surface area contributed by atoms with Crippen molar-refractivity contribution in [3.63, 3.8) is 0 Å². The fourth-order valence-corrected chi connectivity index (χ4v) is 2.76. The number of benzene rings is 1. The number of carbonyl (C=O) groups excluding carboxylic acids is 1. The van der Waals surface area contributed by atoms with Crippen LogP contribution in [0.1, 0.15) is 16.2 Å². The molecule has 3 heterocycles. The third-order valence-corrected chi connectivity index (χ3v) is 3.52. The molecule has 0 spiro atoms. The molecule has 0 unspecified atom stereocenters. The SMILES string of the molecule is Cn1c2c(c3ccccc31)-n1cccc1C2=O. The molecule has 1 aromatic carbocycles. The van der Waals surface area contributed by atoms with Crippen LogP contribution in [0.3, 0.4) is 0 Å². The second-order valence-electron chi connectivity index (χ2n) is 4.37. The highest BCUT2D eigenvalue weighted by molar-refractivity contribution is 6.18. The molecular weight excluding hydrogens is 212 g/mol. The van der Waals surface area contributed by atoms with E-state index in [0.29, 0.717) is 0 Å². The highest BCUT2D eigenvalue weighted by Crippen LogP contribution is 2.36. The van der Waals surface area contributed by atoms with E-state index in [0.717, 1.165) is 28.0 Å². The zero-order valence-corrected chi connectivity index (χ0v) is 9.34. The Kier molecular flexibility index (Phi) is 1.39. The highest BCUT2D eigenvalue weighted by atomic mass is 16.1. The molecule has 3 aromatic rings. The van der Waals surface area contributed by atoms with Gasteiger partial charge in [-0.05, 0) is 18.2 Å². The van der Waals surface area contributed by atoms with E-state index in [-0.39, 0.29) is 5.78 Å². The second kappa shape index (κ2) is 2.69. The first-order chi connectivity index (χ1) is 8.29. The van der Waals surface area contributed by atoms with Crippen LogP contribution in [-0.4, -0.2) is 14.9 Å². The zero-order valence-electron chi connectivity index (χ0n) is 9.34. The summed E-state index contributed by atoms with van der Waals surface area (Å²) in [7, 11) is 1.95. The number of hydrogen-bond acceptors (Lipinski definition) is 1. The van der Waals surface area contributed by atoms with Gasteiger partial charge in [0.05, 0.1) is 16.9 Å². The predicted molar refractivity (Wildman–Crippen MR) is 65.7 cm³/mol. The van der Waals surface area contributed by atoms with Crippen LogP contribution in [0.5, 0.6) is 0 Å². The van der Waals surface area contributed by atoms with E-state index < -0.39 is 0 Å². The molecule has 0 saturated heterocycles. The maximum atomic E-state index is 12.3. The molecule has 0 saturated carbocycles. The number of fused-ring (bicyclic) bond motifs is 5. The minimum absolute atomic E-state index is 0.115. The molecule has 4 rings (SSSR count). The van der Waals surface area contributed by atoms with Gasteiger partial charge in [-0.2, -0.15) is 0 Å². The van der Waals surface area contributed by atoms with Crippen molar-refractivity contribution in [3.8, 4) is 5.69 Å². The quantitative estimate of drug-likeness (QED) is 0.449. The zero-order chi connectivity index (χ0) is 11.6. The van der Waals surface area contributed by atoms with Crippen molar-refractivity contribution in [3.05, 3.63) is 54.0 Å². The monoisotopic (exact) mass is 222 g/mol. The first-order valence-electron chi connectivity index (χ1n) is 5.59. The Morgan fingerprint density at radius 1 is 1.06 bits per heavy atom. The van der Waals surface area contributed by atoms with Crippen LogP contribution < -0.4 is 0 Å². The molecule has 0 atom stereocenters. The summed E-state index contributed by atoms with van der Waals surface area (Å²) in [5.41, 5.74) is 3.68. The van der Waals surface area contributed by atoms with Gasteiger partial charge in [0.15, 0.2) is 0 Å². The number of rotatable bonds is 0. The van der Waals surface area contributed by atoms with E-state index in [4.69, 9.17) is 0 Å². The summed E-state index contributed by atoms with van der Waals surface area (Å²) in [5, 5.41) is 1.13. The van der Waals surface area contributed by atoms with Gasteiger partial charge < -0.3 is 9.13 Å². The Balaban J connectivity index is 2.28. The molecular formula is C14H10N2O. The van der Waals surface area contributed by atoms with Crippen molar-refractivity contribution in [1.29, 1.82) is 0 Å². The first kappa shape index (κ1) is 8.82. The Hall–Kier alpha value is -2.29. The molecule has 0 aliphatic carbocycles. The minimum Gasteiger partial charge on any atom is -0.339 e. The van der Waals surface area contributed by atoms with Gasteiger partial charge in [0.25, 0.3) is 0 Å². The lowest BCUT2D eigenvalue weighted by atomic mass is 10.2. The average Bonchev–Trinajstić information content (AvgIpc) is 2.97. The van der Waals surface area contributed by atoms with Crippen molar-refractivity contribution >= 4 is 16.7 Å². The van der Waals surface area contributed by atoms with Crippen molar-refractivity contribution in [1.82, 2.24) is 9.13 Å². The molecule has 3 nitrogen and oxygen atoms in total. The number of para-hydroxylation sites is 1. The topological polar surface area (TPSA) is 26.9 Å². The van der Waals surface area contributed by atoms with E-state index in [9.17, 15) is 4.79 Å². The normalized spacial score (nSPS) is 13.1. The summed E-state index contributed by atoms with van der Waals surface area (Å²) in [5.74, 6) is 0.115. The molecule has 1 aliphatic rings.